The smallest absolute Gasteiger partial charge is 0.243 e. The fourth-order valence-corrected chi connectivity index (χ4v) is 4.00. The molecule has 0 spiro atoms. The number of rotatable bonds is 5. The van der Waals surface area contributed by atoms with Crippen molar-refractivity contribution in [1.29, 1.82) is 0 Å². The molecule has 1 aliphatic heterocycles. The first-order valence-corrected chi connectivity index (χ1v) is 8.82. The van der Waals surface area contributed by atoms with E-state index in [1.165, 1.54) is 0 Å². The van der Waals surface area contributed by atoms with Crippen LogP contribution in [0.1, 0.15) is 25.3 Å². The summed E-state index contributed by atoms with van der Waals surface area (Å²) < 4.78 is 26.9. The van der Waals surface area contributed by atoms with Gasteiger partial charge in [-0.25, -0.2) is 8.42 Å². The van der Waals surface area contributed by atoms with E-state index in [9.17, 15) is 8.42 Å². The zero-order valence-electron chi connectivity index (χ0n) is 12.7. The number of aliphatic hydroxyl groups is 1. The van der Waals surface area contributed by atoms with Gasteiger partial charge in [-0.05, 0) is 23.6 Å². The summed E-state index contributed by atoms with van der Waals surface area (Å²) in [5, 5.41) is 8.93. The molecule has 1 fully saturated rings. The normalized spacial score (nSPS) is 18.3. The van der Waals surface area contributed by atoms with Gasteiger partial charge in [0.25, 0.3) is 0 Å². The lowest BCUT2D eigenvalue weighted by molar-refractivity contribution is 0.151. The Hall–Kier alpha value is -0.950. The van der Waals surface area contributed by atoms with Crippen LogP contribution in [-0.2, 0) is 10.0 Å². The molecule has 0 amide bonds. The molecule has 1 aromatic carbocycles. The Labute approximate surface area is 127 Å². The molecule has 0 bridgehead atoms. The zero-order valence-corrected chi connectivity index (χ0v) is 13.5. The second-order valence-electron chi connectivity index (χ2n) is 5.70. The summed E-state index contributed by atoms with van der Waals surface area (Å²) in [6.07, 6.45) is 0. The van der Waals surface area contributed by atoms with Gasteiger partial charge in [-0.15, -0.1) is 0 Å². The Morgan fingerprint density at radius 3 is 2.43 bits per heavy atom. The van der Waals surface area contributed by atoms with Crippen LogP contribution >= 0.6 is 0 Å². The van der Waals surface area contributed by atoms with Crippen molar-refractivity contribution in [2.24, 2.45) is 0 Å². The number of sulfonamides is 1. The highest BCUT2D eigenvalue weighted by molar-refractivity contribution is 7.89. The molecule has 1 saturated heterocycles. The predicted octanol–water partition coefficient (Wildman–Crippen LogP) is 1.11. The molecular formula is C15H24N2O3S. The minimum atomic E-state index is -3.41. The number of β-amino-alcohol motifs (C(OH)–C–C–N with tert-alkyl or cyclic N) is 1. The second-order valence-corrected chi connectivity index (χ2v) is 7.63. The van der Waals surface area contributed by atoms with Gasteiger partial charge in [-0.3, -0.25) is 4.90 Å². The third-order valence-electron chi connectivity index (χ3n) is 3.91. The lowest BCUT2D eigenvalue weighted by Gasteiger charge is -2.33. The summed E-state index contributed by atoms with van der Waals surface area (Å²) in [6, 6.07) is 7.22. The topological polar surface area (TPSA) is 60.9 Å². The zero-order chi connectivity index (χ0) is 15.5. The Bertz CT molecular complexity index is 564. The van der Waals surface area contributed by atoms with Crippen molar-refractivity contribution in [3.63, 3.8) is 0 Å². The molecule has 0 radical (unpaired) electrons. The molecule has 1 N–H and O–H groups in total. The van der Waals surface area contributed by atoms with E-state index in [1.54, 1.807) is 16.4 Å². The van der Waals surface area contributed by atoms with Crippen molar-refractivity contribution in [3.05, 3.63) is 29.8 Å². The summed E-state index contributed by atoms with van der Waals surface area (Å²) in [5.74, 6) is 0.307. The minimum absolute atomic E-state index is 0.114. The third kappa shape index (κ3) is 3.83. The van der Waals surface area contributed by atoms with Crippen LogP contribution in [0.5, 0.6) is 0 Å². The molecule has 0 unspecified atom stereocenters. The number of benzene rings is 1. The highest BCUT2D eigenvalue weighted by atomic mass is 32.2. The molecule has 1 aliphatic rings. The summed E-state index contributed by atoms with van der Waals surface area (Å²) in [4.78, 5) is 2.46. The third-order valence-corrected chi connectivity index (χ3v) is 5.80. The Morgan fingerprint density at radius 2 is 1.86 bits per heavy atom. The van der Waals surface area contributed by atoms with Crippen LogP contribution in [0.25, 0.3) is 0 Å². The quantitative estimate of drug-likeness (QED) is 0.885. The Kier molecular flexibility index (Phi) is 5.37. The van der Waals surface area contributed by atoms with E-state index in [0.29, 0.717) is 43.5 Å². The highest BCUT2D eigenvalue weighted by Crippen LogP contribution is 2.22. The van der Waals surface area contributed by atoms with Gasteiger partial charge in [-0.1, -0.05) is 26.0 Å². The summed E-state index contributed by atoms with van der Waals surface area (Å²) >= 11 is 0. The standard InChI is InChI=1S/C15H24N2O3S/c1-13(2)14-4-3-5-15(12-14)21(19,20)17-8-6-16(7-9-17)10-11-18/h3-5,12-13,18H,6-11H2,1-2H3. The molecule has 1 heterocycles. The van der Waals surface area contributed by atoms with Gasteiger partial charge in [0.15, 0.2) is 0 Å². The number of hydrogen-bond donors (Lipinski definition) is 1. The van der Waals surface area contributed by atoms with E-state index in [-0.39, 0.29) is 6.61 Å². The fourth-order valence-electron chi connectivity index (χ4n) is 2.52. The predicted molar refractivity (Wildman–Crippen MR) is 82.8 cm³/mol. The average Bonchev–Trinajstić information content (AvgIpc) is 2.48. The van der Waals surface area contributed by atoms with Crippen LogP contribution in [0.15, 0.2) is 29.2 Å². The van der Waals surface area contributed by atoms with Crippen LogP contribution in [0.4, 0.5) is 0 Å². The van der Waals surface area contributed by atoms with Crippen LogP contribution in [0, 0.1) is 0 Å². The lowest BCUT2D eigenvalue weighted by atomic mass is 10.0. The maximum atomic E-state index is 12.7. The first-order valence-electron chi connectivity index (χ1n) is 7.38. The molecule has 1 aromatic rings. The van der Waals surface area contributed by atoms with Crippen molar-refractivity contribution < 1.29 is 13.5 Å². The Morgan fingerprint density at radius 1 is 1.19 bits per heavy atom. The lowest BCUT2D eigenvalue weighted by Crippen LogP contribution is -2.49. The Balaban J connectivity index is 2.14. The summed E-state index contributed by atoms with van der Waals surface area (Å²) in [5.41, 5.74) is 1.04. The van der Waals surface area contributed by atoms with Gasteiger partial charge in [0.05, 0.1) is 11.5 Å². The number of piperazine rings is 1. The maximum absolute atomic E-state index is 12.7. The first kappa shape index (κ1) is 16.4. The molecule has 0 aliphatic carbocycles. The van der Waals surface area contributed by atoms with E-state index < -0.39 is 10.0 Å². The maximum Gasteiger partial charge on any atom is 0.243 e. The van der Waals surface area contributed by atoms with Gasteiger partial charge < -0.3 is 5.11 Å². The molecular weight excluding hydrogens is 288 g/mol. The average molecular weight is 312 g/mol. The van der Waals surface area contributed by atoms with Gasteiger partial charge in [0.2, 0.25) is 10.0 Å². The summed E-state index contributed by atoms with van der Waals surface area (Å²) in [6.45, 7) is 7.13. The largest absolute Gasteiger partial charge is 0.395 e. The van der Waals surface area contributed by atoms with Crippen molar-refractivity contribution in [2.45, 2.75) is 24.7 Å². The van der Waals surface area contributed by atoms with Crippen LogP contribution in [0.3, 0.4) is 0 Å². The van der Waals surface area contributed by atoms with E-state index in [0.717, 1.165) is 5.56 Å². The fraction of sp³-hybridized carbons (Fsp3) is 0.600. The molecule has 0 atom stereocenters. The molecule has 5 nitrogen and oxygen atoms in total. The van der Waals surface area contributed by atoms with Crippen LogP contribution < -0.4 is 0 Å². The van der Waals surface area contributed by atoms with Crippen molar-refractivity contribution >= 4 is 10.0 Å². The van der Waals surface area contributed by atoms with E-state index >= 15 is 0 Å². The van der Waals surface area contributed by atoms with Crippen LogP contribution in [0.2, 0.25) is 0 Å². The molecule has 21 heavy (non-hydrogen) atoms. The second kappa shape index (κ2) is 6.87. The summed E-state index contributed by atoms with van der Waals surface area (Å²) in [7, 11) is -3.41. The SMILES string of the molecule is CC(C)c1cccc(S(=O)(=O)N2CCN(CCO)CC2)c1. The molecule has 2 rings (SSSR count). The number of hydrogen-bond acceptors (Lipinski definition) is 4. The first-order chi connectivity index (χ1) is 9.95. The highest BCUT2D eigenvalue weighted by Gasteiger charge is 2.28. The van der Waals surface area contributed by atoms with Gasteiger partial charge in [-0.2, -0.15) is 4.31 Å². The number of aliphatic hydroxyl groups excluding tert-OH is 1. The molecule has 0 aromatic heterocycles. The number of nitrogens with zero attached hydrogens (tertiary/aromatic N) is 2. The van der Waals surface area contributed by atoms with Crippen LogP contribution in [-0.4, -0.2) is 62.1 Å². The van der Waals surface area contributed by atoms with Crippen molar-refractivity contribution in [3.8, 4) is 0 Å². The molecule has 118 valence electrons. The monoisotopic (exact) mass is 312 g/mol. The van der Waals surface area contributed by atoms with Gasteiger partial charge in [0.1, 0.15) is 0 Å². The van der Waals surface area contributed by atoms with E-state index in [4.69, 9.17) is 5.11 Å². The van der Waals surface area contributed by atoms with Gasteiger partial charge in [0, 0.05) is 32.7 Å². The van der Waals surface area contributed by atoms with Crippen molar-refractivity contribution in [2.75, 3.05) is 39.3 Å². The van der Waals surface area contributed by atoms with E-state index in [2.05, 4.69) is 18.7 Å². The van der Waals surface area contributed by atoms with Crippen molar-refractivity contribution in [1.82, 2.24) is 9.21 Å². The molecule has 6 heteroatoms. The van der Waals surface area contributed by atoms with E-state index in [1.807, 2.05) is 12.1 Å². The van der Waals surface area contributed by atoms with Gasteiger partial charge >= 0.3 is 0 Å². The minimum Gasteiger partial charge on any atom is -0.395 e. The molecule has 0 saturated carbocycles.